The smallest absolute Gasteiger partial charge is 0.321 e. The molecular formula is C11H12N4O3S. The number of carbonyl (C=O) groups is 2. The van der Waals surface area contributed by atoms with Crippen LogP contribution in [0.1, 0.15) is 6.92 Å². The highest BCUT2D eigenvalue weighted by Gasteiger charge is 2.10. The fourth-order valence-corrected chi connectivity index (χ4v) is 2.25. The van der Waals surface area contributed by atoms with Crippen LogP contribution in [0.15, 0.2) is 22.6 Å². The predicted octanol–water partition coefficient (Wildman–Crippen LogP) is 0.304. The van der Waals surface area contributed by atoms with Crippen molar-refractivity contribution in [1.29, 1.82) is 0 Å². The molecule has 0 aliphatic rings. The average Bonchev–Trinajstić information content (AvgIpc) is 2.82. The number of nitrogens with one attached hydrogen (secondary N) is 2. The Morgan fingerprint density at radius 1 is 1.47 bits per heavy atom. The third-order valence-electron chi connectivity index (χ3n) is 2.35. The monoisotopic (exact) mass is 280 g/mol. The largest absolute Gasteiger partial charge is 0.338 e. The third kappa shape index (κ3) is 2.97. The maximum absolute atomic E-state index is 12.0. The van der Waals surface area contributed by atoms with Crippen LogP contribution in [0.2, 0.25) is 0 Å². The van der Waals surface area contributed by atoms with Gasteiger partial charge in [-0.15, -0.1) is 11.3 Å². The van der Waals surface area contributed by atoms with E-state index in [0.717, 1.165) is 0 Å². The van der Waals surface area contributed by atoms with Crippen LogP contribution >= 0.6 is 11.3 Å². The van der Waals surface area contributed by atoms with Crippen LogP contribution in [0.5, 0.6) is 0 Å². The van der Waals surface area contributed by atoms with Crippen LogP contribution in [0, 0.1) is 0 Å². The highest BCUT2D eigenvalue weighted by molar-refractivity contribution is 7.16. The zero-order valence-electron chi connectivity index (χ0n) is 10.2. The number of fused-ring (bicyclic) bond motifs is 1. The minimum atomic E-state index is -0.579. The van der Waals surface area contributed by atoms with Gasteiger partial charge in [-0.05, 0) is 18.4 Å². The van der Waals surface area contributed by atoms with Crippen LogP contribution in [0.3, 0.4) is 0 Å². The van der Waals surface area contributed by atoms with Crippen molar-refractivity contribution in [2.24, 2.45) is 0 Å². The van der Waals surface area contributed by atoms with E-state index in [1.165, 1.54) is 22.2 Å². The van der Waals surface area contributed by atoms with E-state index in [2.05, 4.69) is 15.6 Å². The SMILES string of the molecule is CCNC(=O)NC(=O)Cn1cnc2sccc2c1=O. The molecule has 0 radical (unpaired) electrons. The van der Waals surface area contributed by atoms with Gasteiger partial charge in [-0.1, -0.05) is 0 Å². The minimum absolute atomic E-state index is 0.241. The standard InChI is InChI=1S/C11H12N4O3S/c1-2-12-11(18)14-8(16)5-15-6-13-9-7(10(15)17)3-4-19-9/h3-4,6H,2,5H2,1H3,(H2,12,14,16,18). The number of rotatable bonds is 3. The van der Waals surface area contributed by atoms with Gasteiger partial charge in [0.1, 0.15) is 11.4 Å². The molecule has 7 nitrogen and oxygen atoms in total. The second-order valence-electron chi connectivity index (χ2n) is 3.72. The van der Waals surface area contributed by atoms with E-state index in [-0.39, 0.29) is 12.1 Å². The van der Waals surface area contributed by atoms with E-state index in [0.29, 0.717) is 16.8 Å². The molecule has 0 spiro atoms. The van der Waals surface area contributed by atoms with Gasteiger partial charge in [-0.3, -0.25) is 19.5 Å². The van der Waals surface area contributed by atoms with Gasteiger partial charge >= 0.3 is 6.03 Å². The number of amides is 3. The van der Waals surface area contributed by atoms with Gasteiger partial charge in [-0.2, -0.15) is 0 Å². The van der Waals surface area contributed by atoms with Crippen LogP contribution in [-0.4, -0.2) is 28.0 Å². The second-order valence-corrected chi connectivity index (χ2v) is 4.62. The minimum Gasteiger partial charge on any atom is -0.338 e. The highest BCUT2D eigenvalue weighted by atomic mass is 32.1. The normalized spacial score (nSPS) is 10.4. The summed E-state index contributed by atoms with van der Waals surface area (Å²) in [7, 11) is 0. The first kappa shape index (κ1) is 13.2. The van der Waals surface area contributed by atoms with Crippen molar-refractivity contribution >= 4 is 33.5 Å². The van der Waals surface area contributed by atoms with Crippen LogP contribution in [0.25, 0.3) is 10.2 Å². The first-order chi connectivity index (χ1) is 9.11. The summed E-state index contributed by atoms with van der Waals surface area (Å²) in [5, 5.41) is 6.79. The summed E-state index contributed by atoms with van der Waals surface area (Å²) >= 11 is 1.36. The van der Waals surface area contributed by atoms with Crippen molar-refractivity contribution in [1.82, 2.24) is 20.2 Å². The van der Waals surface area contributed by atoms with Gasteiger partial charge in [-0.25, -0.2) is 9.78 Å². The molecule has 2 N–H and O–H groups in total. The molecule has 19 heavy (non-hydrogen) atoms. The quantitative estimate of drug-likeness (QED) is 0.846. The average molecular weight is 280 g/mol. The Kier molecular flexibility index (Phi) is 3.91. The fraction of sp³-hybridized carbons (Fsp3) is 0.273. The lowest BCUT2D eigenvalue weighted by Gasteiger charge is -2.06. The van der Waals surface area contributed by atoms with Crippen molar-refractivity contribution in [3.63, 3.8) is 0 Å². The summed E-state index contributed by atoms with van der Waals surface area (Å²) in [6.45, 7) is 1.92. The molecule has 0 fully saturated rings. The molecule has 2 heterocycles. The van der Waals surface area contributed by atoms with Crippen LogP contribution < -0.4 is 16.2 Å². The van der Waals surface area contributed by atoms with Crippen LogP contribution in [-0.2, 0) is 11.3 Å². The number of imide groups is 1. The maximum atomic E-state index is 12.0. The van der Waals surface area contributed by atoms with Crippen molar-refractivity contribution in [3.8, 4) is 0 Å². The maximum Gasteiger partial charge on any atom is 0.321 e. The summed E-state index contributed by atoms with van der Waals surface area (Å²) in [6.07, 6.45) is 1.30. The molecule has 0 unspecified atom stereocenters. The van der Waals surface area contributed by atoms with E-state index >= 15 is 0 Å². The van der Waals surface area contributed by atoms with E-state index in [4.69, 9.17) is 0 Å². The zero-order chi connectivity index (χ0) is 13.8. The molecule has 0 saturated heterocycles. The molecule has 2 aromatic rings. The molecule has 8 heteroatoms. The molecule has 0 aliphatic heterocycles. The van der Waals surface area contributed by atoms with Gasteiger partial charge < -0.3 is 5.32 Å². The Labute approximate surface area is 112 Å². The van der Waals surface area contributed by atoms with Gasteiger partial charge in [0, 0.05) is 6.54 Å². The molecule has 2 aromatic heterocycles. The number of carbonyl (C=O) groups excluding carboxylic acids is 2. The second kappa shape index (κ2) is 5.61. The lowest BCUT2D eigenvalue weighted by molar-refractivity contribution is -0.120. The Balaban J connectivity index is 2.13. The molecule has 0 saturated carbocycles. The fourth-order valence-electron chi connectivity index (χ4n) is 1.53. The number of aromatic nitrogens is 2. The number of hydrogen-bond acceptors (Lipinski definition) is 5. The van der Waals surface area contributed by atoms with E-state index in [9.17, 15) is 14.4 Å². The third-order valence-corrected chi connectivity index (χ3v) is 3.18. The van der Waals surface area contributed by atoms with E-state index in [1.54, 1.807) is 18.4 Å². The van der Waals surface area contributed by atoms with Crippen LogP contribution in [0.4, 0.5) is 4.79 Å². The Morgan fingerprint density at radius 3 is 3.00 bits per heavy atom. The number of urea groups is 1. The van der Waals surface area contributed by atoms with E-state index in [1.807, 2.05) is 0 Å². The molecule has 0 aliphatic carbocycles. The Hall–Kier alpha value is -2.22. The molecule has 2 rings (SSSR count). The van der Waals surface area contributed by atoms with Crippen molar-refractivity contribution in [2.75, 3.05) is 6.54 Å². The summed E-state index contributed by atoms with van der Waals surface area (Å²) in [5.74, 6) is -0.565. The molecular weight excluding hydrogens is 268 g/mol. The topological polar surface area (TPSA) is 93.1 Å². The zero-order valence-corrected chi connectivity index (χ0v) is 11.0. The van der Waals surface area contributed by atoms with E-state index < -0.39 is 11.9 Å². The van der Waals surface area contributed by atoms with Crippen molar-refractivity contribution in [2.45, 2.75) is 13.5 Å². The molecule has 0 bridgehead atoms. The van der Waals surface area contributed by atoms with Gasteiger partial charge in [0.2, 0.25) is 5.91 Å². The lowest BCUT2D eigenvalue weighted by atomic mass is 10.4. The number of nitrogens with zero attached hydrogens (tertiary/aromatic N) is 2. The summed E-state index contributed by atoms with van der Waals surface area (Å²) in [5.41, 5.74) is -0.294. The summed E-state index contributed by atoms with van der Waals surface area (Å²) in [4.78, 5) is 39.4. The lowest BCUT2D eigenvalue weighted by Crippen LogP contribution is -2.42. The Morgan fingerprint density at radius 2 is 2.26 bits per heavy atom. The van der Waals surface area contributed by atoms with Gasteiger partial charge in [0.25, 0.3) is 5.56 Å². The molecule has 100 valence electrons. The molecule has 3 amide bonds. The first-order valence-corrected chi connectivity index (χ1v) is 6.50. The number of thiophene rings is 1. The highest BCUT2D eigenvalue weighted by Crippen LogP contribution is 2.12. The van der Waals surface area contributed by atoms with Gasteiger partial charge in [0.15, 0.2) is 0 Å². The Bertz CT molecular complexity index is 676. The van der Waals surface area contributed by atoms with Crippen molar-refractivity contribution in [3.05, 3.63) is 28.1 Å². The summed E-state index contributed by atoms with van der Waals surface area (Å²) in [6, 6.07) is 1.08. The predicted molar refractivity (Wildman–Crippen MR) is 71.1 cm³/mol. The molecule has 0 atom stereocenters. The summed E-state index contributed by atoms with van der Waals surface area (Å²) < 4.78 is 1.17. The first-order valence-electron chi connectivity index (χ1n) is 5.62. The van der Waals surface area contributed by atoms with Crippen molar-refractivity contribution < 1.29 is 9.59 Å². The number of hydrogen-bond donors (Lipinski definition) is 2. The van der Waals surface area contributed by atoms with Gasteiger partial charge in [0.05, 0.1) is 11.7 Å². The molecule has 0 aromatic carbocycles.